The lowest BCUT2D eigenvalue weighted by molar-refractivity contribution is -0.148. The van der Waals surface area contributed by atoms with E-state index in [9.17, 15) is 14.4 Å². The number of carbonyl (C=O) groups excluding carboxylic acids is 3. The van der Waals surface area contributed by atoms with Crippen LogP contribution in [0.3, 0.4) is 0 Å². The lowest BCUT2D eigenvalue weighted by atomic mass is 9.95. The standard InChI is InChI=1S/C31H50N4O5/c1-24(23-39-31(38)35-17-8-9-18-35)11-10-12-25(2)29-26(3)15-16-27(13-6-5-7-14-28(36)40-29)32-30(37)34-21-19-33(4)20-22-34/h10-12,15-16,24,26-27,29H,5-9,13-14,17-23H2,1-4H3,(H,32,37)/b11-10+,16-15+,25-12+/t24-,26+,27-,29-/m1/s1. The molecule has 0 aromatic carbocycles. The Morgan fingerprint density at radius 1 is 1.05 bits per heavy atom. The predicted molar refractivity (Wildman–Crippen MR) is 157 cm³/mol. The van der Waals surface area contributed by atoms with Crippen molar-refractivity contribution in [3.63, 3.8) is 0 Å². The highest BCUT2D eigenvalue weighted by Crippen LogP contribution is 2.22. The van der Waals surface area contributed by atoms with Crippen LogP contribution in [0.5, 0.6) is 0 Å². The largest absolute Gasteiger partial charge is 0.457 e. The molecule has 0 radical (unpaired) electrons. The van der Waals surface area contributed by atoms with Gasteiger partial charge in [-0.25, -0.2) is 9.59 Å². The van der Waals surface area contributed by atoms with Crippen molar-refractivity contribution in [2.45, 2.75) is 77.9 Å². The number of piperazine rings is 1. The Morgan fingerprint density at radius 2 is 1.77 bits per heavy atom. The van der Waals surface area contributed by atoms with Gasteiger partial charge < -0.3 is 29.5 Å². The number of rotatable bonds is 6. The van der Waals surface area contributed by atoms with Crippen LogP contribution in [0.15, 0.2) is 36.0 Å². The number of allylic oxidation sites excluding steroid dienone is 2. The van der Waals surface area contributed by atoms with Crippen molar-refractivity contribution in [3.05, 3.63) is 36.0 Å². The summed E-state index contributed by atoms with van der Waals surface area (Å²) in [4.78, 5) is 43.5. The van der Waals surface area contributed by atoms with Crippen LogP contribution >= 0.6 is 0 Å². The minimum Gasteiger partial charge on any atom is -0.457 e. The van der Waals surface area contributed by atoms with Crippen molar-refractivity contribution in [1.29, 1.82) is 0 Å². The van der Waals surface area contributed by atoms with Gasteiger partial charge in [-0.3, -0.25) is 4.79 Å². The summed E-state index contributed by atoms with van der Waals surface area (Å²) in [6, 6.07) is -0.0643. The van der Waals surface area contributed by atoms with Gasteiger partial charge in [0, 0.05) is 63.6 Å². The lowest BCUT2D eigenvalue weighted by Gasteiger charge is -2.33. The summed E-state index contributed by atoms with van der Waals surface area (Å²) in [5.74, 6) is -0.170. The number of esters is 1. The van der Waals surface area contributed by atoms with E-state index >= 15 is 0 Å². The second kappa shape index (κ2) is 16.5. The number of ether oxygens (including phenoxy) is 2. The highest BCUT2D eigenvalue weighted by Gasteiger charge is 2.24. The minimum absolute atomic E-state index is 0.00748. The average Bonchev–Trinajstić information content (AvgIpc) is 3.47. The van der Waals surface area contributed by atoms with E-state index in [-0.39, 0.29) is 36.0 Å². The van der Waals surface area contributed by atoms with E-state index in [0.717, 1.165) is 83.4 Å². The van der Waals surface area contributed by atoms with Crippen LogP contribution < -0.4 is 5.32 Å². The predicted octanol–water partition coefficient (Wildman–Crippen LogP) is 4.75. The third-order valence-electron chi connectivity index (χ3n) is 7.96. The first kappa shape index (κ1) is 31.7. The summed E-state index contributed by atoms with van der Waals surface area (Å²) in [7, 11) is 2.08. The van der Waals surface area contributed by atoms with E-state index in [2.05, 4.69) is 29.4 Å². The number of cyclic esters (lactones) is 1. The number of hydrogen-bond acceptors (Lipinski definition) is 6. The molecular weight excluding hydrogens is 508 g/mol. The number of likely N-dealkylation sites (N-methyl/N-ethyl adjacent to an activating group) is 1. The molecule has 0 unspecified atom stereocenters. The fourth-order valence-corrected chi connectivity index (χ4v) is 5.25. The summed E-state index contributed by atoms with van der Waals surface area (Å²) >= 11 is 0. The van der Waals surface area contributed by atoms with Crippen LogP contribution in [0.4, 0.5) is 9.59 Å². The molecular formula is C31H50N4O5. The van der Waals surface area contributed by atoms with Crippen LogP contribution in [0.2, 0.25) is 0 Å². The molecule has 1 N–H and O–H groups in total. The molecule has 9 heteroatoms. The van der Waals surface area contributed by atoms with Gasteiger partial charge in [0.05, 0.1) is 6.61 Å². The number of urea groups is 1. The molecule has 3 aliphatic heterocycles. The molecule has 2 fully saturated rings. The molecule has 224 valence electrons. The number of hydrogen-bond donors (Lipinski definition) is 1. The maximum Gasteiger partial charge on any atom is 0.409 e. The van der Waals surface area contributed by atoms with Crippen molar-refractivity contribution >= 4 is 18.1 Å². The topological polar surface area (TPSA) is 91.4 Å². The number of amides is 3. The van der Waals surface area contributed by atoms with Crippen molar-refractivity contribution in [2.75, 3.05) is 52.9 Å². The molecule has 40 heavy (non-hydrogen) atoms. The summed E-state index contributed by atoms with van der Waals surface area (Å²) in [5, 5.41) is 3.22. The third-order valence-corrected chi connectivity index (χ3v) is 7.96. The first-order chi connectivity index (χ1) is 19.2. The molecule has 0 bridgehead atoms. The number of nitrogens with zero attached hydrogens (tertiary/aromatic N) is 3. The van der Waals surface area contributed by atoms with Crippen molar-refractivity contribution in [1.82, 2.24) is 20.0 Å². The normalized spacial score (nSPS) is 27.4. The number of carbonyl (C=O) groups is 3. The van der Waals surface area contributed by atoms with Crippen molar-refractivity contribution in [3.8, 4) is 0 Å². The summed E-state index contributed by atoms with van der Waals surface area (Å²) in [6.45, 7) is 11.2. The van der Waals surface area contributed by atoms with Gasteiger partial charge in [-0.2, -0.15) is 0 Å². The van der Waals surface area contributed by atoms with Crippen LogP contribution in [-0.4, -0.2) is 97.9 Å². The first-order valence-corrected chi connectivity index (χ1v) is 15.1. The minimum atomic E-state index is -0.398. The van der Waals surface area contributed by atoms with Gasteiger partial charge in [0.2, 0.25) is 0 Å². The fourth-order valence-electron chi connectivity index (χ4n) is 5.25. The molecule has 0 aliphatic carbocycles. The average molecular weight is 559 g/mol. The van der Waals surface area contributed by atoms with Gasteiger partial charge in [0.1, 0.15) is 6.10 Å². The highest BCUT2D eigenvalue weighted by atomic mass is 16.6. The second-order valence-corrected chi connectivity index (χ2v) is 11.6. The highest BCUT2D eigenvalue weighted by molar-refractivity contribution is 5.75. The Labute approximate surface area is 240 Å². The molecule has 3 heterocycles. The Balaban J connectivity index is 1.59. The summed E-state index contributed by atoms with van der Waals surface area (Å²) in [5.41, 5.74) is 0.943. The van der Waals surface area contributed by atoms with Gasteiger partial charge in [0.25, 0.3) is 0 Å². The van der Waals surface area contributed by atoms with Gasteiger partial charge in [-0.05, 0) is 45.2 Å². The zero-order valence-corrected chi connectivity index (χ0v) is 25.0. The summed E-state index contributed by atoms with van der Waals surface area (Å²) < 4.78 is 11.4. The molecule has 0 aromatic heterocycles. The number of nitrogens with one attached hydrogen (secondary N) is 1. The summed E-state index contributed by atoms with van der Waals surface area (Å²) in [6.07, 6.45) is 15.4. The molecule has 3 aliphatic rings. The molecule has 9 nitrogen and oxygen atoms in total. The molecule has 3 rings (SSSR count). The lowest BCUT2D eigenvalue weighted by Crippen LogP contribution is -2.52. The molecule has 2 saturated heterocycles. The second-order valence-electron chi connectivity index (χ2n) is 11.6. The zero-order valence-electron chi connectivity index (χ0n) is 25.0. The monoisotopic (exact) mass is 558 g/mol. The van der Waals surface area contributed by atoms with E-state index in [1.165, 1.54) is 0 Å². The Morgan fingerprint density at radius 3 is 2.50 bits per heavy atom. The van der Waals surface area contributed by atoms with Gasteiger partial charge >= 0.3 is 18.1 Å². The Hall–Kier alpha value is -2.81. The van der Waals surface area contributed by atoms with Crippen LogP contribution in [0.25, 0.3) is 0 Å². The van der Waals surface area contributed by atoms with Crippen LogP contribution in [-0.2, 0) is 14.3 Å². The maximum atomic E-state index is 12.9. The molecule has 0 spiro atoms. The quantitative estimate of drug-likeness (QED) is 0.287. The van der Waals surface area contributed by atoms with Crippen LogP contribution in [0.1, 0.15) is 65.7 Å². The Bertz CT molecular complexity index is 919. The van der Waals surface area contributed by atoms with Crippen molar-refractivity contribution in [2.24, 2.45) is 11.8 Å². The molecule has 0 saturated carbocycles. The SMILES string of the molecule is C/C(=C\C=C\[C@@H](C)COC(=O)N1CCCC1)[C@H]1OC(=O)CCCCC[C@@H](NC(=O)N2CCN(C)CC2)/C=C/[C@@H]1C. The van der Waals surface area contributed by atoms with Gasteiger partial charge in [0.15, 0.2) is 0 Å². The Kier molecular flexibility index (Phi) is 13.0. The van der Waals surface area contributed by atoms with Crippen LogP contribution in [0, 0.1) is 11.8 Å². The van der Waals surface area contributed by atoms with E-state index in [4.69, 9.17) is 9.47 Å². The smallest absolute Gasteiger partial charge is 0.409 e. The van der Waals surface area contributed by atoms with E-state index in [1.54, 1.807) is 4.90 Å². The molecule has 4 atom stereocenters. The number of likely N-dealkylation sites (tertiary alicyclic amines) is 1. The first-order valence-electron chi connectivity index (χ1n) is 15.1. The van der Waals surface area contributed by atoms with E-state index < -0.39 is 6.10 Å². The molecule has 3 amide bonds. The molecule has 0 aromatic rings. The maximum absolute atomic E-state index is 12.9. The fraction of sp³-hybridized carbons (Fsp3) is 0.710. The van der Waals surface area contributed by atoms with E-state index in [1.807, 2.05) is 43.9 Å². The third kappa shape index (κ3) is 10.6. The van der Waals surface area contributed by atoms with Gasteiger partial charge in [-0.15, -0.1) is 0 Å². The zero-order chi connectivity index (χ0) is 28.9. The van der Waals surface area contributed by atoms with Crippen molar-refractivity contribution < 1.29 is 23.9 Å². The van der Waals surface area contributed by atoms with E-state index in [0.29, 0.717) is 13.0 Å². The van der Waals surface area contributed by atoms with Gasteiger partial charge in [-0.1, -0.05) is 57.1 Å².